The number of nitriles is 1. The highest BCUT2D eigenvalue weighted by molar-refractivity contribution is 6.04. The number of carbonyl (C=O) groups is 1. The van der Waals surface area contributed by atoms with Crippen LogP contribution in [0.4, 0.5) is 5.82 Å². The summed E-state index contributed by atoms with van der Waals surface area (Å²) in [5.41, 5.74) is 1.49. The second-order valence-electron chi connectivity index (χ2n) is 6.63. The molecule has 0 aliphatic carbocycles. The molecule has 23 heavy (non-hydrogen) atoms. The third-order valence-electron chi connectivity index (χ3n) is 3.14. The number of pyridine rings is 2. The molecule has 0 aromatic carbocycles. The van der Waals surface area contributed by atoms with Gasteiger partial charge in [0.1, 0.15) is 17.6 Å². The fourth-order valence-corrected chi connectivity index (χ4v) is 2.13. The summed E-state index contributed by atoms with van der Waals surface area (Å²) in [7, 11) is 0. The molecule has 0 N–H and O–H groups in total. The zero-order valence-electron chi connectivity index (χ0n) is 13.9. The lowest BCUT2D eigenvalue weighted by Crippen LogP contribution is -2.39. The van der Waals surface area contributed by atoms with E-state index in [9.17, 15) is 4.79 Å². The highest BCUT2D eigenvalue weighted by atomic mass is 16.2. The third kappa shape index (κ3) is 4.36. The monoisotopic (exact) mass is 308 g/mol. The fourth-order valence-electron chi connectivity index (χ4n) is 2.13. The lowest BCUT2D eigenvalue weighted by atomic mass is 9.96. The fraction of sp³-hybridized carbons (Fsp3) is 0.333. The number of nitrogens with zero attached hydrogens (tertiary/aromatic N) is 4. The van der Waals surface area contributed by atoms with E-state index in [1.165, 1.54) is 6.20 Å². The van der Waals surface area contributed by atoms with E-state index in [4.69, 9.17) is 5.26 Å². The summed E-state index contributed by atoms with van der Waals surface area (Å²) < 4.78 is 0. The predicted molar refractivity (Wildman–Crippen MR) is 89.1 cm³/mol. The molecule has 0 spiro atoms. The number of hydrogen-bond acceptors (Lipinski definition) is 4. The van der Waals surface area contributed by atoms with E-state index in [-0.39, 0.29) is 11.3 Å². The molecule has 0 saturated carbocycles. The Kier molecular flexibility index (Phi) is 4.75. The van der Waals surface area contributed by atoms with Crippen LogP contribution in [0.2, 0.25) is 0 Å². The highest BCUT2D eigenvalue weighted by Gasteiger charge is 2.25. The van der Waals surface area contributed by atoms with Gasteiger partial charge in [-0.1, -0.05) is 26.8 Å². The van der Waals surface area contributed by atoms with Crippen LogP contribution in [-0.4, -0.2) is 22.4 Å². The normalized spacial score (nSPS) is 10.9. The van der Waals surface area contributed by atoms with Crippen LogP contribution in [0.5, 0.6) is 0 Å². The number of carbonyl (C=O) groups excluding carboxylic acids is 1. The van der Waals surface area contributed by atoms with Crippen molar-refractivity contribution in [2.75, 3.05) is 11.4 Å². The summed E-state index contributed by atoms with van der Waals surface area (Å²) >= 11 is 0. The van der Waals surface area contributed by atoms with E-state index in [1.807, 2.05) is 31.2 Å². The van der Waals surface area contributed by atoms with E-state index in [1.54, 1.807) is 17.0 Å². The number of anilines is 1. The number of aromatic nitrogens is 2. The Labute approximate surface area is 136 Å². The Bertz CT molecular complexity index is 739. The Morgan fingerprint density at radius 1 is 1.26 bits per heavy atom. The first-order valence-electron chi connectivity index (χ1n) is 7.42. The molecule has 0 atom stereocenters. The van der Waals surface area contributed by atoms with Crippen LogP contribution < -0.4 is 4.90 Å². The van der Waals surface area contributed by atoms with Gasteiger partial charge in [-0.3, -0.25) is 9.69 Å². The van der Waals surface area contributed by atoms with Crippen LogP contribution in [0.25, 0.3) is 0 Å². The second kappa shape index (κ2) is 6.57. The lowest BCUT2D eigenvalue weighted by molar-refractivity contribution is 0.0972. The zero-order valence-corrected chi connectivity index (χ0v) is 13.9. The Hall–Kier alpha value is -2.74. The quantitative estimate of drug-likeness (QED) is 0.872. The average molecular weight is 308 g/mol. The van der Waals surface area contributed by atoms with Gasteiger partial charge in [0.15, 0.2) is 0 Å². The molecule has 2 aromatic heterocycles. The molecule has 5 heteroatoms. The molecule has 0 unspecified atom stereocenters. The molecule has 118 valence electrons. The van der Waals surface area contributed by atoms with E-state index < -0.39 is 0 Å². The highest BCUT2D eigenvalue weighted by Crippen LogP contribution is 2.22. The van der Waals surface area contributed by atoms with Crippen LogP contribution in [0.15, 0.2) is 36.5 Å². The summed E-state index contributed by atoms with van der Waals surface area (Å²) in [6.45, 7) is 8.60. The van der Waals surface area contributed by atoms with Crippen LogP contribution >= 0.6 is 0 Å². The van der Waals surface area contributed by atoms with Gasteiger partial charge in [-0.25, -0.2) is 9.97 Å². The first-order valence-corrected chi connectivity index (χ1v) is 7.42. The largest absolute Gasteiger partial charge is 0.291 e. The van der Waals surface area contributed by atoms with Gasteiger partial charge in [0.2, 0.25) is 0 Å². The Morgan fingerprint density at radius 3 is 2.52 bits per heavy atom. The van der Waals surface area contributed by atoms with Gasteiger partial charge in [-0.15, -0.1) is 0 Å². The molecule has 0 fully saturated rings. The van der Waals surface area contributed by atoms with E-state index in [2.05, 4.69) is 30.7 Å². The van der Waals surface area contributed by atoms with E-state index in [0.717, 1.165) is 5.69 Å². The molecular formula is C18H20N4O. The molecule has 1 amide bonds. The summed E-state index contributed by atoms with van der Waals surface area (Å²) in [5, 5.41) is 8.84. The van der Waals surface area contributed by atoms with Crippen molar-refractivity contribution in [1.82, 2.24) is 9.97 Å². The minimum atomic E-state index is -0.220. The van der Waals surface area contributed by atoms with Crippen molar-refractivity contribution in [2.45, 2.75) is 27.7 Å². The summed E-state index contributed by atoms with van der Waals surface area (Å²) in [6.07, 6.45) is 1.41. The van der Waals surface area contributed by atoms with Gasteiger partial charge in [-0.05, 0) is 36.6 Å². The molecule has 5 nitrogen and oxygen atoms in total. The molecule has 0 bridgehead atoms. The molecule has 2 heterocycles. The molecule has 2 rings (SSSR count). The molecule has 0 saturated heterocycles. The van der Waals surface area contributed by atoms with Crippen molar-refractivity contribution in [2.24, 2.45) is 5.41 Å². The van der Waals surface area contributed by atoms with Gasteiger partial charge >= 0.3 is 0 Å². The van der Waals surface area contributed by atoms with Gasteiger partial charge in [0.05, 0.1) is 5.56 Å². The van der Waals surface area contributed by atoms with Crippen LogP contribution in [0, 0.1) is 23.7 Å². The second-order valence-corrected chi connectivity index (χ2v) is 6.63. The van der Waals surface area contributed by atoms with Crippen molar-refractivity contribution >= 4 is 11.7 Å². The number of rotatable bonds is 3. The standard InChI is InChI=1S/C18H20N4O/c1-13-6-5-7-16(21-13)22(12-18(2,3)4)17(23)15-9-8-14(10-19)11-20-15/h5-9,11H,12H2,1-4H3. The number of amides is 1. The number of hydrogen-bond donors (Lipinski definition) is 0. The maximum absolute atomic E-state index is 12.9. The molecule has 0 aliphatic heterocycles. The van der Waals surface area contributed by atoms with Crippen LogP contribution in [-0.2, 0) is 0 Å². The molecule has 0 aliphatic rings. The number of aryl methyl sites for hydroxylation is 1. The van der Waals surface area contributed by atoms with Gasteiger partial charge in [0.25, 0.3) is 5.91 Å². The smallest absolute Gasteiger partial charge is 0.278 e. The molecule has 0 radical (unpaired) electrons. The summed E-state index contributed by atoms with van der Waals surface area (Å²) in [6, 6.07) is 10.8. The SMILES string of the molecule is Cc1cccc(N(CC(C)(C)C)C(=O)c2ccc(C#N)cn2)n1. The van der Waals surface area contributed by atoms with Gasteiger partial charge in [-0.2, -0.15) is 5.26 Å². The van der Waals surface area contributed by atoms with Crippen molar-refractivity contribution < 1.29 is 4.79 Å². The Balaban J connectivity index is 2.40. The lowest BCUT2D eigenvalue weighted by Gasteiger charge is -2.29. The minimum Gasteiger partial charge on any atom is -0.291 e. The maximum atomic E-state index is 12.9. The van der Waals surface area contributed by atoms with Crippen LogP contribution in [0.1, 0.15) is 42.5 Å². The topological polar surface area (TPSA) is 69.9 Å². The first-order chi connectivity index (χ1) is 10.8. The van der Waals surface area contributed by atoms with Crippen molar-refractivity contribution in [1.29, 1.82) is 5.26 Å². The predicted octanol–water partition coefficient (Wildman–Crippen LogP) is 3.35. The van der Waals surface area contributed by atoms with Crippen LogP contribution in [0.3, 0.4) is 0 Å². The summed E-state index contributed by atoms with van der Waals surface area (Å²) in [4.78, 5) is 23.1. The van der Waals surface area contributed by atoms with E-state index in [0.29, 0.717) is 23.6 Å². The zero-order chi connectivity index (χ0) is 17.0. The maximum Gasteiger partial charge on any atom is 0.278 e. The van der Waals surface area contributed by atoms with Crippen molar-refractivity contribution in [3.8, 4) is 6.07 Å². The van der Waals surface area contributed by atoms with Gasteiger partial charge in [0, 0.05) is 18.4 Å². The van der Waals surface area contributed by atoms with Crippen molar-refractivity contribution in [3.63, 3.8) is 0 Å². The van der Waals surface area contributed by atoms with E-state index >= 15 is 0 Å². The van der Waals surface area contributed by atoms with Crippen molar-refractivity contribution in [3.05, 3.63) is 53.5 Å². The van der Waals surface area contributed by atoms with Gasteiger partial charge < -0.3 is 0 Å². The summed E-state index contributed by atoms with van der Waals surface area (Å²) in [5.74, 6) is 0.388. The third-order valence-corrected chi connectivity index (χ3v) is 3.14. The average Bonchev–Trinajstić information content (AvgIpc) is 2.51. The molecular weight excluding hydrogens is 288 g/mol. The molecule has 2 aromatic rings. The Morgan fingerprint density at radius 2 is 2.00 bits per heavy atom. The minimum absolute atomic E-state index is 0.0896. The first kappa shape index (κ1) is 16.6.